The molecular formula is C18H28N2O2. The Labute approximate surface area is 133 Å². The van der Waals surface area contributed by atoms with E-state index in [4.69, 9.17) is 0 Å². The SMILES string of the molecule is CCc1c(NC(=O)C(C)(C)C)cccc1NC(=O)C(C)(C)C. The molecule has 0 spiro atoms. The zero-order chi connectivity index (χ0) is 17.1. The molecule has 122 valence electrons. The van der Waals surface area contributed by atoms with Gasteiger partial charge in [-0.15, -0.1) is 0 Å². The summed E-state index contributed by atoms with van der Waals surface area (Å²) in [6.45, 7) is 13.3. The summed E-state index contributed by atoms with van der Waals surface area (Å²) in [5, 5.41) is 5.93. The molecule has 0 aliphatic rings. The first kappa shape index (κ1) is 18.2. The smallest absolute Gasteiger partial charge is 0.229 e. The Morgan fingerprint density at radius 1 is 0.864 bits per heavy atom. The number of hydrogen-bond acceptors (Lipinski definition) is 2. The highest BCUT2D eigenvalue weighted by Gasteiger charge is 2.24. The lowest BCUT2D eigenvalue weighted by atomic mass is 9.94. The summed E-state index contributed by atoms with van der Waals surface area (Å²) >= 11 is 0. The average Bonchev–Trinajstić information content (AvgIpc) is 2.36. The molecule has 2 amide bonds. The van der Waals surface area contributed by atoms with Crippen LogP contribution in [0.3, 0.4) is 0 Å². The zero-order valence-electron chi connectivity index (χ0n) is 14.8. The molecule has 0 aliphatic heterocycles. The molecule has 0 radical (unpaired) electrons. The standard InChI is InChI=1S/C18H28N2O2/c1-8-12-13(19-15(21)17(2,3)4)10-9-11-14(12)20-16(22)18(5,6)7/h9-11H,8H2,1-7H3,(H,19,21)(H,20,22). The molecule has 0 saturated heterocycles. The maximum absolute atomic E-state index is 12.2. The molecule has 0 unspecified atom stereocenters. The third-order valence-electron chi connectivity index (χ3n) is 3.39. The van der Waals surface area contributed by atoms with Gasteiger partial charge in [0.05, 0.1) is 0 Å². The second-order valence-electron chi connectivity index (χ2n) is 7.59. The van der Waals surface area contributed by atoms with Gasteiger partial charge < -0.3 is 10.6 Å². The van der Waals surface area contributed by atoms with E-state index in [2.05, 4.69) is 10.6 Å². The average molecular weight is 304 g/mol. The number of carbonyl (C=O) groups excluding carboxylic acids is 2. The minimum Gasteiger partial charge on any atom is -0.325 e. The van der Waals surface area contributed by atoms with Crippen molar-refractivity contribution < 1.29 is 9.59 Å². The summed E-state index contributed by atoms with van der Waals surface area (Å²) < 4.78 is 0. The highest BCUT2D eigenvalue weighted by molar-refractivity contribution is 5.99. The second-order valence-corrected chi connectivity index (χ2v) is 7.59. The predicted molar refractivity (Wildman–Crippen MR) is 92.0 cm³/mol. The van der Waals surface area contributed by atoms with Gasteiger partial charge in [0.25, 0.3) is 0 Å². The molecule has 22 heavy (non-hydrogen) atoms. The van der Waals surface area contributed by atoms with Crippen LogP contribution in [0.4, 0.5) is 11.4 Å². The highest BCUT2D eigenvalue weighted by Crippen LogP contribution is 2.28. The fourth-order valence-electron chi connectivity index (χ4n) is 1.82. The number of nitrogens with one attached hydrogen (secondary N) is 2. The molecule has 0 saturated carbocycles. The third-order valence-corrected chi connectivity index (χ3v) is 3.39. The van der Waals surface area contributed by atoms with Crippen molar-refractivity contribution >= 4 is 23.2 Å². The summed E-state index contributed by atoms with van der Waals surface area (Å²) in [6.07, 6.45) is 0.723. The number of carbonyl (C=O) groups is 2. The van der Waals surface area contributed by atoms with Crippen LogP contribution in [0.5, 0.6) is 0 Å². The quantitative estimate of drug-likeness (QED) is 0.878. The number of benzene rings is 1. The van der Waals surface area contributed by atoms with Crippen LogP contribution in [0.15, 0.2) is 18.2 Å². The maximum atomic E-state index is 12.2. The molecule has 4 heteroatoms. The van der Waals surface area contributed by atoms with Crippen molar-refractivity contribution in [2.45, 2.75) is 54.9 Å². The Morgan fingerprint density at radius 3 is 1.50 bits per heavy atom. The van der Waals surface area contributed by atoms with Gasteiger partial charge in [-0.3, -0.25) is 9.59 Å². The van der Waals surface area contributed by atoms with Crippen LogP contribution in [0, 0.1) is 10.8 Å². The molecule has 1 rings (SSSR count). The fraction of sp³-hybridized carbons (Fsp3) is 0.556. The lowest BCUT2D eigenvalue weighted by Crippen LogP contribution is -2.29. The van der Waals surface area contributed by atoms with Gasteiger partial charge in [-0.2, -0.15) is 0 Å². The van der Waals surface area contributed by atoms with E-state index >= 15 is 0 Å². The van der Waals surface area contributed by atoms with Gasteiger partial charge in [0.1, 0.15) is 0 Å². The molecule has 4 nitrogen and oxygen atoms in total. The Kier molecular flexibility index (Phi) is 5.39. The number of hydrogen-bond donors (Lipinski definition) is 2. The number of anilines is 2. The summed E-state index contributed by atoms with van der Waals surface area (Å²) in [6, 6.07) is 5.58. The minimum absolute atomic E-state index is 0.0403. The van der Waals surface area contributed by atoms with Crippen LogP contribution in [-0.4, -0.2) is 11.8 Å². The van der Waals surface area contributed by atoms with Crippen molar-refractivity contribution in [1.82, 2.24) is 0 Å². The van der Waals surface area contributed by atoms with E-state index in [1.54, 1.807) is 0 Å². The summed E-state index contributed by atoms with van der Waals surface area (Å²) in [4.78, 5) is 24.4. The molecule has 0 atom stereocenters. The monoisotopic (exact) mass is 304 g/mol. The Balaban J connectivity index is 3.10. The highest BCUT2D eigenvalue weighted by atomic mass is 16.2. The largest absolute Gasteiger partial charge is 0.325 e. The zero-order valence-corrected chi connectivity index (χ0v) is 14.8. The van der Waals surface area contributed by atoms with Crippen molar-refractivity contribution in [3.05, 3.63) is 23.8 Å². The van der Waals surface area contributed by atoms with Crippen molar-refractivity contribution in [1.29, 1.82) is 0 Å². The van der Waals surface area contributed by atoms with Gasteiger partial charge in [0, 0.05) is 22.2 Å². The van der Waals surface area contributed by atoms with Crippen LogP contribution in [0.25, 0.3) is 0 Å². The van der Waals surface area contributed by atoms with Gasteiger partial charge in [-0.25, -0.2) is 0 Å². The van der Waals surface area contributed by atoms with E-state index in [9.17, 15) is 9.59 Å². The van der Waals surface area contributed by atoms with Gasteiger partial charge in [0.15, 0.2) is 0 Å². The lowest BCUT2D eigenvalue weighted by Gasteiger charge is -2.22. The summed E-state index contributed by atoms with van der Waals surface area (Å²) in [5.41, 5.74) is 1.53. The van der Waals surface area contributed by atoms with E-state index in [1.165, 1.54) is 0 Å². The van der Waals surface area contributed by atoms with Gasteiger partial charge in [0.2, 0.25) is 11.8 Å². The first-order chi connectivity index (χ1) is 9.96. The summed E-state index contributed by atoms with van der Waals surface area (Å²) in [7, 11) is 0. The van der Waals surface area contributed by atoms with E-state index < -0.39 is 10.8 Å². The van der Waals surface area contributed by atoms with Gasteiger partial charge in [-0.1, -0.05) is 54.5 Å². The normalized spacial score (nSPS) is 12.0. The Bertz CT molecular complexity index is 517. The maximum Gasteiger partial charge on any atom is 0.229 e. The molecule has 2 N–H and O–H groups in total. The molecule has 0 bridgehead atoms. The second kappa shape index (κ2) is 6.51. The molecule has 1 aromatic carbocycles. The van der Waals surface area contributed by atoms with Crippen LogP contribution in [0.1, 0.15) is 54.0 Å². The predicted octanol–water partition coefficient (Wildman–Crippen LogP) is 4.22. The van der Waals surface area contributed by atoms with E-state index in [0.717, 1.165) is 23.4 Å². The molecular weight excluding hydrogens is 276 g/mol. The third kappa shape index (κ3) is 4.58. The first-order valence-electron chi connectivity index (χ1n) is 7.71. The van der Waals surface area contributed by atoms with Crippen molar-refractivity contribution in [3.63, 3.8) is 0 Å². The molecule has 0 aliphatic carbocycles. The molecule has 1 aromatic rings. The fourth-order valence-corrected chi connectivity index (χ4v) is 1.82. The van der Waals surface area contributed by atoms with Crippen molar-refractivity contribution in [3.8, 4) is 0 Å². The Hall–Kier alpha value is -1.84. The Morgan fingerprint density at radius 2 is 1.23 bits per heavy atom. The van der Waals surface area contributed by atoms with Gasteiger partial charge in [-0.05, 0) is 24.1 Å². The van der Waals surface area contributed by atoms with Crippen LogP contribution < -0.4 is 10.6 Å². The number of amides is 2. The van der Waals surface area contributed by atoms with Crippen molar-refractivity contribution in [2.24, 2.45) is 10.8 Å². The van der Waals surface area contributed by atoms with Gasteiger partial charge >= 0.3 is 0 Å². The molecule has 0 fully saturated rings. The first-order valence-corrected chi connectivity index (χ1v) is 7.71. The van der Waals surface area contributed by atoms with Crippen molar-refractivity contribution in [2.75, 3.05) is 10.6 Å². The van der Waals surface area contributed by atoms with E-state index in [1.807, 2.05) is 66.7 Å². The van der Waals surface area contributed by atoms with E-state index in [-0.39, 0.29) is 11.8 Å². The van der Waals surface area contributed by atoms with E-state index in [0.29, 0.717) is 0 Å². The van der Waals surface area contributed by atoms with Crippen LogP contribution in [-0.2, 0) is 16.0 Å². The molecule has 0 aromatic heterocycles. The summed E-state index contributed by atoms with van der Waals surface area (Å²) in [5.74, 6) is -0.0806. The lowest BCUT2D eigenvalue weighted by molar-refractivity contribution is -0.123. The van der Waals surface area contributed by atoms with Crippen LogP contribution >= 0.6 is 0 Å². The minimum atomic E-state index is -0.463. The number of rotatable bonds is 3. The topological polar surface area (TPSA) is 58.2 Å². The van der Waals surface area contributed by atoms with Crippen LogP contribution in [0.2, 0.25) is 0 Å². The molecule has 0 heterocycles.